The largest absolute Gasteiger partial charge is 0.401 e. The summed E-state index contributed by atoms with van der Waals surface area (Å²) in [4.78, 5) is 36.1. The number of piperidine rings is 9. The minimum Gasteiger partial charge on any atom is -0.395 e. The number of nitrogens with zero attached hydrogens (tertiary/aromatic N) is 17. The van der Waals surface area contributed by atoms with Crippen LogP contribution in [0.3, 0.4) is 0 Å². The maximum absolute atomic E-state index is 12.5. The SMILES string of the molecule is CCN(C1CCNCC1)C1COC1.CCN(CC(F)(F)F)C1CCN(C)CC1.CCN(CC(F)F)C1CCN(C)CC1.CCN(CCF)C1CCN(C)CC1.CN1CCC(N(CC(F)(F)F)C2CC2)CC1.CN1CCC(N(CCO)C2CC2)CC1.CN1CCC(N(CCO)C2CCC2)CC1.CN1CCC(N(CCO)CC(F)(F)F)CC1.COCCN(CC(F)(F)F)C1CCN(C)CC1. The quantitative estimate of drug-likeness (QED) is 0.0453. The molecular formula is C95H185F15N18O5. The Bertz CT molecular complexity index is 2810. The van der Waals surface area contributed by atoms with E-state index in [0.717, 1.165) is 225 Å². The third-order valence-electron chi connectivity index (χ3n) is 29.5. The van der Waals surface area contributed by atoms with Crippen LogP contribution in [0, 0.1) is 0 Å². The summed E-state index contributed by atoms with van der Waals surface area (Å²) in [6.45, 7) is 32.2. The minimum absolute atomic E-state index is 0.0305. The van der Waals surface area contributed by atoms with E-state index in [4.69, 9.17) is 24.8 Å². The van der Waals surface area contributed by atoms with Gasteiger partial charge >= 0.3 is 24.7 Å². The van der Waals surface area contributed by atoms with E-state index in [-0.39, 0.29) is 56.6 Å². The van der Waals surface area contributed by atoms with Crippen LogP contribution >= 0.6 is 0 Å². The third kappa shape index (κ3) is 51.2. The highest BCUT2D eigenvalue weighted by molar-refractivity contribution is 4.95. The fourth-order valence-electron chi connectivity index (χ4n) is 20.7. The Balaban J connectivity index is 0.000000265. The molecule has 133 heavy (non-hydrogen) atoms. The van der Waals surface area contributed by atoms with Crippen LogP contribution in [0.4, 0.5) is 65.9 Å². The van der Waals surface area contributed by atoms with Crippen molar-refractivity contribution in [1.82, 2.24) is 88.6 Å². The number of likely N-dealkylation sites (N-methyl/N-ethyl adjacent to an activating group) is 1. The van der Waals surface area contributed by atoms with Crippen LogP contribution in [0.1, 0.15) is 188 Å². The van der Waals surface area contributed by atoms with Crippen LogP contribution in [0.25, 0.3) is 0 Å². The van der Waals surface area contributed by atoms with Gasteiger partial charge in [-0.3, -0.25) is 44.1 Å². The summed E-state index contributed by atoms with van der Waals surface area (Å²) in [5, 5.41) is 30.4. The highest BCUT2D eigenvalue weighted by atomic mass is 19.4. The molecule has 0 atom stereocenters. The monoisotopic (exact) mass is 1940 g/mol. The molecule has 790 valence electrons. The average Bonchev–Trinajstić information content (AvgIpc) is 1.58. The van der Waals surface area contributed by atoms with Crippen molar-refractivity contribution in [3.8, 4) is 0 Å². The zero-order valence-corrected chi connectivity index (χ0v) is 84.3. The number of nitrogens with one attached hydrogen (secondary N) is 1. The number of hydrogen-bond acceptors (Lipinski definition) is 23. The molecule has 3 saturated carbocycles. The summed E-state index contributed by atoms with van der Waals surface area (Å²) >= 11 is 0. The molecule has 0 aromatic heterocycles. The molecule has 38 heteroatoms. The summed E-state index contributed by atoms with van der Waals surface area (Å²) < 4.78 is 195. The minimum atomic E-state index is -4.18. The number of methoxy groups -OCH3 is 1. The number of hydrogen-bond donors (Lipinski definition) is 4. The number of halogens is 15. The Kier molecular flexibility index (Phi) is 59.7. The Labute approximate surface area is 793 Å². The molecule has 0 spiro atoms. The number of rotatable bonds is 34. The lowest BCUT2D eigenvalue weighted by Crippen LogP contribution is -2.55. The van der Waals surface area contributed by atoms with Gasteiger partial charge in [0.1, 0.15) is 6.67 Å². The first-order valence-corrected chi connectivity index (χ1v) is 51.1. The van der Waals surface area contributed by atoms with E-state index < -0.39 is 57.3 Å². The summed E-state index contributed by atoms with van der Waals surface area (Å²) in [6.07, 6.45) is 8.81. The molecule has 10 heterocycles. The highest BCUT2D eigenvalue weighted by Gasteiger charge is 2.44. The average molecular weight is 1940 g/mol. The molecule has 0 radical (unpaired) electrons. The van der Waals surface area contributed by atoms with Crippen molar-refractivity contribution in [2.45, 2.75) is 298 Å². The lowest BCUT2D eigenvalue weighted by molar-refractivity contribution is -0.154. The maximum Gasteiger partial charge on any atom is 0.401 e. The molecule has 0 bridgehead atoms. The van der Waals surface area contributed by atoms with Crippen LogP contribution in [0.15, 0.2) is 0 Å². The number of alkyl halides is 15. The molecule has 23 nitrogen and oxygen atoms in total. The summed E-state index contributed by atoms with van der Waals surface area (Å²) in [5.41, 5.74) is 0. The first-order chi connectivity index (χ1) is 63.2. The van der Waals surface area contributed by atoms with E-state index in [0.29, 0.717) is 57.6 Å². The third-order valence-corrected chi connectivity index (χ3v) is 29.5. The van der Waals surface area contributed by atoms with Crippen LogP contribution < -0.4 is 5.32 Å². The van der Waals surface area contributed by atoms with E-state index in [1.807, 2.05) is 40.0 Å². The predicted molar refractivity (Wildman–Crippen MR) is 505 cm³/mol. The first-order valence-electron chi connectivity index (χ1n) is 51.1. The lowest BCUT2D eigenvalue weighted by atomic mass is 9.88. The van der Waals surface area contributed by atoms with E-state index in [9.17, 15) is 65.9 Å². The Hall–Kier alpha value is -1.97. The van der Waals surface area contributed by atoms with Crippen LogP contribution in [-0.2, 0) is 9.47 Å². The van der Waals surface area contributed by atoms with E-state index in [1.54, 1.807) is 16.7 Å². The normalized spacial score (nSPS) is 23.0. The maximum atomic E-state index is 12.5. The van der Waals surface area contributed by atoms with Crippen molar-refractivity contribution in [2.75, 3.05) is 319 Å². The van der Waals surface area contributed by atoms with Gasteiger partial charge in [-0.05, 0) is 354 Å². The zero-order valence-electron chi connectivity index (χ0n) is 84.3. The Morgan fingerprint density at radius 2 is 0.579 bits per heavy atom. The zero-order chi connectivity index (χ0) is 98.3. The molecule has 0 amide bonds. The van der Waals surface area contributed by atoms with Crippen molar-refractivity contribution < 1.29 is 90.6 Å². The van der Waals surface area contributed by atoms with Crippen molar-refractivity contribution in [2.24, 2.45) is 0 Å². The van der Waals surface area contributed by atoms with E-state index in [2.05, 4.69) is 106 Å². The standard InChI is InChI=1S/C12H24N2O.C11H21F3N2O.C11H19F3N2.C11H22N2O.C10H19F3N2O.C10H19F3N2.C10H20F2N2.C10H21FN2.C10H20N2O/c1-13-7-5-12(6-8-13)14(9-10-15)11-3-2-4-11;1-15-5-3-10(4-6-15)16(7-8-17-2)9-11(12,13)14;1-15-6-4-10(5-7-15)16(9-2-3-9)8-11(12,13)14;1-12-6-4-11(5-7-12)13(8-9-14)10-2-3-10;1-14-4-2-9(3-5-14)15(6-7-16)8-10(11,12)13;1-3-15(8-10(11,12)13)9-4-6-14(2)7-5-9;1-3-14(8-10(11)12)9-4-6-13(2)7-5-9;1-3-13(9-6-11)10-4-7-12(2)8-5-10;1-2-12(10-7-13-8-10)9-3-5-11-6-4-9/h11-12,15H,2-10H2,1H3;10H,3-9H2,1-2H3;9-10H,2-8H2,1H3;10-11,14H,2-9H2,1H3;9,16H,2-8H2,1H3;9H,3-8H2,1-2H3;9-10H,3-8H2,1-2H3;10H,3-9H2,1-2H3;9-11H,2-8H2,1H3. The number of aliphatic hydroxyl groups is 3. The number of aliphatic hydroxyl groups excluding tert-OH is 3. The van der Waals surface area contributed by atoms with Gasteiger partial charge in [-0.25, -0.2) is 13.2 Å². The second kappa shape index (κ2) is 65.3. The molecule has 0 unspecified atom stereocenters. The molecule has 4 N–H and O–H groups in total. The van der Waals surface area contributed by atoms with E-state index >= 15 is 0 Å². The van der Waals surface area contributed by atoms with Crippen molar-refractivity contribution in [1.29, 1.82) is 0 Å². The van der Waals surface area contributed by atoms with Crippen LogP contribution in [0.2, 0.25) is 0 Å². The van der Waals surface area contributed by atoms with Crippen LogP contribution in [-0.4, -0.2) is 528 Å². The second-order valence-corrected chi connectivity index (χ2v) is 39.9. The molecule has 13 aliphatic rings. The van der Waals surface area contributed by atoms with Gasteiger partial charge in [-0.1, -0.05) is 34.1 Å². The van der Waals surface area contributed by atoms with Crippen molar-refractivity contribution >= 4 is 0 Å². The van der Waals surface area contributed by atoms with Gasteiger partial charge in [0, 0.05) is 112 Å². The number of ether oxygens (including phenoxy) is 2. The van der Waals surface area contributed by atoms with Gasteiger partial charge in [-0.2, -0.15) is 52.7 Å². The molecule has 0 aromatic carbocycles. The van der Waals surface area contributed by atoms with Crippen molar-refractivity contribution in [3.63, 3.8) is 0 Å². The number of likely N-dealkylation sites (tertiary alicyclic amines) is 8. The van der Waals surface area contributed by atoms with Gasteiger partial charge in [0.05, 0.1) is 78.4 Å². The Morgan fingerprint density at radius 3 is 0.842 bits per heavy atom. The first kappa shape index (κ1) is 122. The van der Waals surface area contributed by atoms with Gasteiger partial charge in [-0.15, -0.1) is 0 Å². The topological polar surface area (TPSA) is 146 Å². The molecule has 10 saturated heterocycles. The van der Waals surface area contributed by atoms with Crippen molar-refractivity contribution in [3.05, 3.63) is 0 Å². The molecule has 13 rings (SSSR count). The molecule has 3 aliphatic carbocycles. The summed E-state index contributed by atoms with van der Waals surface area (Å²) in [7, 11) is 18.2. The smallest absolute Gasteiger partial charge is 0.395 e. The second-order valence-electron chi connectivity index (χ2n) is 39.9. The molecule has 13 fully saturated rings. The summed E-state index contributed by atoms with van der Waals surface area (Å²) in [6, 6.07) is 6.00. The molecule has 10 aliphatic heterocycles. The van der Waals surface area contributed by atoms with Gasteiger partial charge in [0.2, 0.25) is 0 Å². The fourth-order valence-corrected chi connectivity index (χ4v) is 20.7. The predicted octanol–water partition coefficient (Wildman–Crippen LogP) is 11.6. The molecule has 0 aromatic rings. The van der Waals surface area contributed by atoms with Gasteiger partial charge in [0.25, 0.3) is 6.43 Å². The fraction of sp³-hybridized carbons (Fsp3) is 1.00. The van der Waals surface area contributed by atoms with Crippen LogP contribution in [0.5, 0.6) is 0 Å². The summed E-state index contributed by atoms with van der Waals surface area (Å²) in [5.74, 6) is 0. The molecular weight excluding hydrogens is 1760 g/mol. The lowest BCUT2D eigenvalue weighted by Gasteiger charge is -2.45. The van der Waals surface area contributed by atoms with E-state index in [1.165, 1.54) is 146 Å². The van der Waals surface area contributed by atoms with Gasteiger partial charge in [0.15, 0.2) is 0 Å². The van der Waals surface area contributed by atoms with Gasteiger partial charge < -0.3 is 69.3 Å². The Morgan fingerprint density at radius 1 is 0.308 bits per heavy atom. The highest BCUT2D eigenvalue weighted by Crippen LogP contribution is 2.37.